The normalized spacial score (nSPS) is 14.9. The van der Waals surface area contributed by atoms with E-state index in [9.17, 15) is 22.0 Å². The van der Waals surface area contributed by atoms with Crippen molar-refractivity contribution < 1.29 is 27.1 Å². The van der Waals surface area contributed by atoms with Crippen LogP contribution in [-0.2, 0) is 37.8 Å². The van der Waals surface area contributed by atoms with Gasteiger partial charge in [0.25, 0.3) is 5.92 Å². The minimum Gasteiger partial charge on any atom is -0.508 e. The van der Waals surface area contributed by atoms with Crippen molar-refractivity contribution in [3.05, 3.63) is 184 Å². The van der Waals surface area contributed by atoms with Crippen molar-refractivity contribution in [2.75, 3.05) is 0 Å². The number of alkyl halides is 5. The first-order chi connectivity index (χ1) is 33.4. The average Bonchev–Trinajstić information content (AvgIpc) is 3.34. The molecule has 0 radical (unpaired) electrons. The van der Waals surface area contributed by atoms with E-state index in [2.05, 4.69) is 155 Å². The molecule has 6 heteroatoms. The first-order valence-corrected chi connectivity index (χ1v) is 26.4. The zero-order chi connectivity index (χ0) is 53.2. The van der Waals surface area contributed by atoms with Crippen LogP contribution in [-0.4, -0.2) is 5.11 Å². The third kappa shape index (κ3) is 24.8. The van der Waals surface area contributed by atoms with Crippen LogP contribution in [0, 0.1) is 30.1 Å². The van der Waals surface area contributed by atoms with E-state index in [-0.39, 0.29) is 0 Å². The number of phenolic OH excluding ortho intramolecular Hbond substituents is 1. The number of fused-ring (bicyclic) bond motifs is 1. The molecule has 1 aliphatic carbocycles. The predicted molar refractivity (Wildman–Crippen MR) is 296 cm³/mol. The van der Waals surface area contributed by atoms with Crippen LogP contribution in [0.25, 0.3) is 10.8 Å². The highest BCUT2D eigenvalue weighted by molar-refractivity contribution is 5.82. The minimum atomic E-state index is -4.59. The van der Waals surface area contributed by atoms with E-state index in [1.807, 2.05) is 30.3 Å². The van der Waals surface area contributed by atoms with Gasteiger partial charge in [-0.1, -0.05) is 217 Å². The molecule has 0 bridgehead atoms. The van der Waals surface area contributed by atoms with E-state index in [0.717, 1.165) is 42.7 Å². The Morgan fingerprint density at radius 3 is 1.52 bits per heavy atom. The van der Waals surface area contributed by atoms with E-state index in [0.29, 0.717) is 48.5 Å². The van der Waals surface area contributed by atoms with Gasteiger partial charge in [0.2, 0.25) is 0 Å². The fourth-order valence-corrected chi connectivity index (χ4v) is 8.39. The number of hydrogen-bond donors (Lipinski definition) is 1. The van der Waals surface area contributed by atoms with E-state index in [1.165, 1.54) is 83.5 Å². The Morgan fingerprint density at radius 1 is 0.549 bits per heavy atom. The fourth-order valence-electron chi connectivity index (χ4n) is 8.39. The molecule has 6 aromatic rings. The lowest BCUT2D eigenvalue weighted by molar-refractivity contribution is -0.137. The lowest BCUT2D eigenvalue weighted by atomic mass is 9.69. The van der Waals surface area contributed by atoms with E-state index >= 15 is 0 Å². The van der Waals surface area contributed by atoms with E-state index < -0.39 is 23.2 Å². The van der Waals surface area contributed by atoms with Gasteiger partial charge in [0.15, 0.2) is 0 Å². The molecule has 0 saturated heterocycles. The molecule has 1 fully saturated rings. The molecule has 1 nitrogen and oxygen atoms in total. The fraction of sp³-hybridized carbons (Fsp3) is 0.477. The zero-order valence-corrected chi connectivity index (χ0v) is 45.7. The number of hydrogen-bond acceptors (Lipinski definition) is 1. The Hall–Kier alpha value is -4.97. The maximum atomic E-state index is 13.1. The number of rotatable bonds is 10. The van der Waals surface area contributed by atoms with Crippen LogP contribution in [0.3, 0.4) is 0 Å². The van der Waals surface area contributed by atoms with Crippen LogP contribution in [0.4, 0.5) is 22.0 Å². The first-order valence-electron chi connectivity index (χ1n) is 26.4. The van der Waals surface area contributed by atoms with Gasteiger partial charge >= 0.3 is 6.18 Å². The summed E-state index contributed by atoms with van der Waals surface area (Å²) in [5.74, 6) is 0.563. The lowest BCUT2D eigenvalue weighted by Gasteiger charge is -2.36. The van der Waals surface area contributed by atoms with Gasteiger partial charge in [0.1, 0.15) is 5.75 Å². The number of benzene rings is 6. The lowest BCUT2D eigenvalue weighted by Crippen LogP contribution is -2.25. The summed E-state index contributed by atoms with van der Waals surface area (Å²) in [7, 11) is 0. The van der Waals surface area contributed by atoms with Crippen molar-refractivity contribution in [3.63, 3.8) is 0 Å². The molecule has 0 aliphatic heterocycles. The third-order valence-corrected chi connectivity index (χ3v) is 13.3. The summed E-state index contributed by atoms with van der Waals surface area (Å²) in [5, 5.41) is 11.5. The second kappa shape index (κ2) is 31.5. The molecule has 71 heavy (non-hydrogen) atoms. The Balaban J connectivity index is 0.000000297. The number of halogens is 5. The molecule has 0 amide bonds. The van der Waals surface area contributed by atoms with Crippen molar-refractivity contribution in [1.82, 2.24) is 0 Å². The Bertz CT molecular complexity index is 2280. The zero-order valence-electron chi connectivity index (χ0n) is 45.7. The third-order valence-electron chi connectivity index (χ3n) is 13.3. The number of aryl methyl sites for hydroxylation is 4. The summed E-state index contributed by atoms with van der Waals surface area (Å²) in [5.41, 5.74) is 6.17. The molecular weight excluding hydrogens is 892 g/mol. The van der Waals surface area contributed by atoms with Crippen molar-refractivity contribution in [1.29, 1.82) is 0 Å². The summed E-state index contributed by atoms with van der Waals surface area (Å²) in [6.45, 7) is 27.3. The van der Waals surface area contributed by atoms with Gasteiger partial charge in [-0.3, -0.25) is 0 Å². The standard InChI is InChI=1S/C14H22.C12H13F5.C12H12.C12H24.C8H10O.C7H8/c1-5-12(4)14-8-6-13(7-9-14)10-11(2)3;1-3-4-8-5-9(11(2,13)14)7-10(6-8)12(15,16)17;1-2-10-7-8-11-5-3-4-6-12(11)9-10;1-5-10-6-8-11(9-7-10)12(2,3)4;1-2-7-3-5-8(9)6-4-7;1-7-5-3-2-4-6-7/h6-9,11-12H,5,10H2,1-4H3;5-7H,3-4H2,1-2H3;3-9H,2H2,1H3;10-11H,5-9H2,1-4H3;3-6,9H,2H2,1H3;2-6H,1H3. The second-order valence-electron chi connectivity index (χ2n) is 20.9. The largest absolute Gasteiger partial charge is 0.508 e. The van der Waals surface area contributed by atoms with Crippen LogP contribution in [0.15, 0.2) is 140 Å². The molecular formula is C65H89F5O. The van der Waals surface area contributed by atoms with Gasteiger partial charge in [-0.05, 0) is 150 Å². The summed E-state index contributed by atoms with van der Waals surface area (Å²) in [6.07, 6.45) is 8.25. The van der Waals surface area contributed by atoms with Crippen LogP contribution < -0.4 is 0 Å². The highest BCUT2D eigenvalue weighted by atomic mass is 19.4. The maximum absolute atomic E-state index is 13.1. The van der Waals surface area contributed by atoms with Crippen LogP contribution in [0.2, 0.25) is 0 Å². The summed E-state index contributed by atoms with van der Waals surface area (Å²) < 4.78 is 63.7. The maximum Gasteiger partial charge on any atom is 0.416 e. The van der Waals surface area contributed by atoms with Gasteiger partial charge in [-0.15, -0.1) is 0 Å². The second-order valence-corrected chi connectivity index (χ2v) is 20.9. The van der Waals surface area contributed by atoms with Crippen molar-refractivity contribution in [2.24, 2.45) is 23.2 Å². The molecule has 1 aliphatic rings. The van der Waals surface area contributed by atoms with E-state index in [4.69, 9.17) is 5.11 Å². The molecule has 0 aromatic heterocycles. The molecule has 0 heterocycles. The highest BCUT2D eigenvalue weighted by Gasteiger charge is 2.34. The SMILES string of the molecule is CCC(C)c1ccc(CC(C)C)cc1.CCC1CCC(C(C)(C)C)CC1.CCCc1cc(C(C)(F)F)cc(C(F)(F)F)c1.CCc1ccc(O)cc1.CCc1ccc2ccccc2c1.Cc1ccccc1. The Morgan fingerprint density at radius 2 is 1.07 bits per heavy atom. The highest BCUT2D eigenvalue weighted by Crippen LogP contribution is 2.40. The molecule has 1 unspecified atom stereocenters. The first kappa shape index (κ1) is 62.1. The molecule has 7 rings (SSSR count). The van der Waals surface area contributed by atoms with Crippen LogP contribution in [0.1, 0.15) is 178 Å². The van der Waals surface area contributed by atoms with E-state index in [1.54, 1.807) is 19.1 Å². The monoisotopic (exact) mass is 981 g/mol. The van der Waals surface area contributed by atoms with Gasteiger partial charge in [0.05, 0.1) is 5.56 Å². The summed E-state index contributed by atoms with van der Waals surface area (Å²) in [6, 6.07) is 44.3. The van der Waals surface area contributed by atoms with Crippen molar-refractivity contribution in [2.45, 2.75) is 179 Å². The van der Waals surface area contributed by atoms with Gasteiger partial charge in [-0.2, -0.15) is 13.2 Å². The Kier molecular flexibility index (Phi) is 27.6. The van der Waals surface area contributed by atoms with Gasteiger partial charge in [-0.25, -0.2) is 8.78 Å². The predicted octanol–water partition coefficient (Wildman–Crippen LogP) is 20.8. The minimum absolute atomic E-state index is 0.291. The smallest absolute Gasteiger partial charge is 0.416 e. The molecule has 1 saturated carbocycles. The molecule has 1 N–H and O–H groups in total. The Labute approximate surface area is 427 Å². The van der Waals surface area contributed by atoms with Crippen molar-refractivity contribution in [3.8, 4) is 5.75 Å². The summed E-state index contributed by atoms with van der Waals surface area (Å²) in [4.78, 5) is 0. The van der Waals surface area contributed by atoms with Gasteiger partial charge in [0, 0.05) is 12.5 Å². The molecule has 0 spiro atoms. The van der Waals surface area contributed by atoms with Crippen LogP contribution in [0.5, 0.6) is 5.75 Å². The number of aromatic hydroxyl groups is 1. The summed E-state index contributed by atoms with van der Waals surface area (Å²) >= 11 is 0. The molecule has 390 valence electrons. The molecule has 1 atom stereocenters. The average molecular weight is 981 g/mol. The van der Waals surface area contributed by atoms with Crippen LogP contribution >= 0.6 is 0 Å². The van der Waals surface area contributed by atoms with Crippen molar-refractivity contribution >= 4 is 10.8 Å². The number of phenols is 1. The van der Waals surface area contributed by atoms with Gasteiger partial charge < -0.3 is 5.11 Å². The molecule has 6 aromatic carbocycles. The topological polar surface area (TPSA) is 20.2 Å². The quantitative estimate of drug-likeness (QED) is 0.136.